The second-order valence-electron chi connectivity index (χ2n) is 5.64. The molecule has 5 nitrogen and oxygen atoms in total. The lowest BCUT2D eigenvalue weighted by molar-refractivity contribution is -0.274. The highest BCUT2D eigenvalue weighted by atomic mass is 32.2. The van der Waals surface area contributed by atoms with Crippen molar-refractivity contribution in [1.29, 1.82) is 0 Å². The van der Waals surface area contributed by atoms with Gasteiger partial charge in [-0.2, -0.15) is 0 Å². The largest absolute Gasteiger partial charge is 0.573 e. The van der Waals surface area contributed by atoms with E-state index in [0.29, 0.717) is 10.8 Å². The number of amides is 1. The number of anilines is 1. The van der Waals surface area contributed by atoms with Gasteiger partial charge in [-0.15, -0.1) is 13.2 Å². The molecule has 3 aromatic rings. The van der Waals surface area contributed by atoms with E-state index < -0.39 is 12.3 Å². The zero-order valence-electron chi connectivity index (χ0n) is 14.5. The number of rotatable bonds is 5. The Labute approximate surface area is 163 Å². The van der Waals surface area contributed by atoms with Crippen LogP contribution in [-0.4, -0.2) is 22.2 Å². The van der Waals surface area contributed by atoms with Crippen LogP contribution >= 0.6 is 11.8 Å². The van der Waals surface area contributed by atoms with Gasteiger partial charge in [-0.1, -0.05) is 0 Å². The van der Waals surface area contributed by atoms with Crippen molar-refractivity contribution in [3.05, 3.63) is 72.1 Å². The molecule has 1 heterocycles. The average molecular weight is 405 g/mol. The first-order valence-corrected chi connectivity index (χ1v) is 8.84. The Morgan fingerprint density at radius 2 is 1.75 bits per heavy atom. The van der Waals surface area contributed by atoms with Crippen molar-refractivity contribution in [3.8, 4) is 5.75 Å². The van der Waals surface area contributed by atoms with Gasteiger partial charge in [0.05, 0.1) is 0 Å². The molecule has 0 atom stereocenters. The topological polar surface area (TPSA) is 64.1 Å². The Balaban J connectivity index is 1.67. The Morgan fingerprint density at radius 3 is 2.36 bits per heavy atom. The zero-order chi connectivity index (χ0) is 20.1. The van der Waals surface area contributed by atoms with Gasteiger partial charge < -0.3 is 10.1 Å². The average Bonchev–Trinajstić information content (AvgIpc) is 2.64. The first-order valence-electron chi connectivity index (χ1n) is 8.03. The maximum Gasteiger partial charge on any atom is 0.573 e. The number of nitrogens with one attached hydrogen (secondary N) is 1. The number of nitrogens with zero attached hydrogens (tertiary/aromatic N) is 2. The molecule has 0 aliphatic heterocycles. The monoisotopic (exact) mass is 405 g/mol. The number of ether oxygens (including phenoxy) is 1. The normalized spacial score (nSPS) is 11.1. The van der Waals surface area contributed by atoms with E-state index in [2.05, 4.69) is 20.0 Å². The van der Waals surface area contributed by atoms with Crippen LogP contribution < -0.4 is 10.1 Å². The van der Waals surface area contributed by atoms with Crippen LogP contribution in [0.25, 0.3) is 0 Å². The molecular formula is C19H14F3N3O2S. The Hall–Kier alpha value is -3.07. The van der Waals surface area contributed by atoms with Crippen molar-refractivity contribution >= 4 is 23.4 Å². The third-order valence-electron chi connectivity index (χ3n) is 3.55. The van der Waals surface area contributed by atoms with Crippen LogP contribution in [-0.2, 0) is 0 Å². The van der Waals surface area contributed by atoms with Crippen molar-refractivity contribution in [2.75, 3.05) is 5.32 Å². The maximum absolute atomic E-state index is 12.3. The second kappa shape index (κ2) is 8.30. The van der Waals surface area contributed by atoms with E-state index >= 15 is 0 Å². The van der Waals surface area contributed by atoms with Crippen molar-refractivity contribution in [2.24, 2.45) is 0 Å². The minimum Gasteiger partial charge on any atom is -0.406 e. The number of aryl methyl sites for hydroxylation is 1. The highest BCUT2D eigenvalue weighted by Crippen LogP contribution is 2.28. The fourth-order valence-electron chi connectivity index (χ4n) is 2.29. The summed E-state index contributed by atoms with van der Waals surface area (Å²) in [5, 5.41) is 3.35. The number of hydrogen-bond donors (Lipinski definition) is 1. The summed E-state index contributed by atoms with van der Waals surface area (Å²) in [6, 6.07) is 11.9. The van der Waals surface area contributed by atoms with Crippen LogP contribution in [0.2, 0.25) is 0 Å². The van der Waals surface area contributed by atoms with E-state index in [9.17, 15) is 18.0 Å². The molecule has 144 valence electrons. The third-order valence-corrected chi connectivity index (χ3v) is 4.43. The second-order valence-corrected chi connectivity index (χ2v) is 6.68. The summed E-state index contributed by atoms with van der Waals surface area (Å²) in [7, 11) is 0. The molecule has 3 rings (SSSR count). The Bertz CT molecular complexity index is 964. The number of carbonyl (C=O) groups is 1. The Morgan fingerprint density at radius 1 is 1.07 bits per heavy atom. The zero-order valence-corrected chi connectivity index (χ0v) is 15.3. The van der Waals surface area contributed by atoms with Gasteiger partial charge in [0.25, 0.3) is 5.91 Å². The molecule has 0 fully saturated rings. The van der Waals surface area contributed by atoms with Crippen LogP contribution in [0.1, 0.15) is 15.9 Å². The first-order chi connectivity index (χ1) is 13.3. The maximum atomic E-state index is 12.3. The number of carbonyl (C=O) groups excluding carboxylic acids is 1. The van der Waals surface area contributed by atoms with E-state index in [0.717, 1.165) is 22.6 Å². The van der Waals surface area contributed by atoms with E-state index in [4.69, 9.17) is 0 Å². The fraction of sp³-hybridized carbons (Fsp3) is 0.105. The standard InChI is InChI=1S/C19H14F3N3O2S/c1-12-11-15(28-18-23-9-2-10-24-18)7-8-16(12)25-17(26)13-3-5-14(6-4-13)27-19(20,21)22/h2-11H,1H3,(H,25,26). The lowest BCUT2D eigenvalue weighted by Gasteiger charge is -2.11. The molecular weight excluding hydrogens is 391 g/mol. The minimum absolute atomic E-state index is 0.213. The molecule has 0 saturated heterocycles. The van der Waals surface area contributed by atoms with Gasteiger partial charge in [0.15, 0.2) is 5.16 Å². The van der Waals surface area contributed by atoms with Crippen LogP contribution in [0.15, 0.2) is 71.0 Å². The van der Waals surface area contributed by atoms with Crippen LogP contribution in [0.4, 0.5) is 18.9 Å². The first kappa shape index (κ1) is 19.7. The molecule has 0 radical (unpaired) electrons. The number of benzene rings is 2. The van der Waals surface area contributed by atoms with E-state index in [1.165, 1.54) is 23.9 Å². The molecule has 9 heteroatoms. The SMILES string of the molecule is Cc1cc(Sc2ncccn2)ccc1NC(=O)c1ccc(OC(F)(F)F)cc1. The predicted octanol–water partition coefficient (Wildman–Crippen LogP) is 5.09. The van der Waals surface area contributed by atoms with Crippen LogP contribution in [0, 0.1) is 6.92 Å². The van der Waals surface area contributed by atoms with Gasteiger partial charge in [-0.3, -0.25) is 4.79 Å². The van der Waals surface area contributed by atoms with Gasteiger partial charge in [0.1, 0.15) is 5.75 Å². The van der Waals surface area contributed by atoms with Gasteiger partial charge >= 0.3 is 6.36 Å². The molecule has 0 unspecified atom stereocenters. The van der Waals surface area contributed by atoms with Crippen molar-refractivity contribution in [3.63, 3.8) is 0 Å². The van der Waals surface area contributed by atoms with Gasteiger partial charge in [-0.25, -0.2) is 9.97 Å². The van der Waals surface area contributed by atoms with Gasteiger partial charge in [0, 0.05) is 28.5 Å². The minimum atomic E-state index is -4.77. The van der Waals surface area contributed by atoms with Gasteiger partial charge in [0.2, 0.25) is 0 Å². The molecule has 1 aromatic heterocycles. The van der Waals surface area contributed by atoms with Crippen LogP contribution in [0.5, 0.6) is 5.75 Å². The van der Waals surface area contributed by atoms with Gasteiger partial charge in [-0.05, 0) is 72.8 Å². The smallest absolute Gasteiger partial charge is 0.406 e. The lowest BCUT2D eigenvalue weighted by atomic mass is 10.1. The summed E-state index contributed by atoms with van der Waals surface area (Å²) in [4.78, 5) is 21.5. The third kappa shape index (κ3) is 5.46. The molecule has 0 aliphatic rings. The van der Waals surface area contributed by atoms with Crippen molar-refractivity contribution in [2.45, 2.75) is 23.3 Å². The quantitative estimate of drug-likeness (QED) is 0.599. The molecule has 28 heavy (non-hydrogen) atoms. The summed E-state index contributed by atoms with van der Waals surface area (Å²) in [6.45, 7) is 1.84. The number of alkyl halides is 3. The summed E-state index contributed by atoms with van der Waals surface area (Å²) < 4.78 is 40.4. The highest BCUT2D eigenvalue weighted by Gasteiger charge is 2.31. The number of halogens is 3. The summed E-state index contributed by atoms with van der Waals surface area (Å²) in [5.74, 6) is -0.821. The molecule has 1 N–H and O–H groups in total. The molecule has 0 saturated carbocycles. The molecule has 0 spiro atoms. The van der Waals surface area contributed by atoms with E-state index in [1.807, 2.05) is 19.1 Å². The van der Waals surface area contributed by atoms with E-state index in [1.54, 1.807) is 24.5 Å². The van der Waals surface area contributed by atoms with Crippen LogP contribution in [0.3, 0.4) is 0 Å². The fourth-order valence-corrected chi connectivity index (χ4v) is 3.10. The summed E-state index contributed by atoms with van der Waals surface area (Å²) >= 11 is 1.39. The summed E-state index contributed by atoms with van der Waals surface area (Å²) in [5.41, 5.74) is 1.63. The summed E-state index contributed by atoms with van der Waals surface area (Å²) in [6.07, 6.45) is -1.46. The highest BCUT2D eigenvalue weighted by molar-refractivity contribution is 7.99. The molecule has 1 amide bonds. The van der Waals surface area contributed by atoms with E-state index in [-0.39, 0.29) is 11.3 Å². The lowest BCUT2D eigenvalue weighted by Crippen LogP contribution is -2.17. The predicted molar refractivity (Wildman–Crippen MR) is 98.4 cm³/mol. The molecule has 0 aliphatic carbocycles. The Kier molecular flexibility index (Phi) is 5.84. The van der Waals surface area contributed by atoms with Crippen molar-refractivity contribution < 1.29 is 22.7 Å². The molecule has 2 aromatic carbocycles. The number of hydrogen-bond acceptors (Lipinski definition) is 5. The number of aromatic nitrogens is 2. The van der Waals surface area contributed by atoms with Crippen molar-refractivity contribution in [1.82, 2.24) is 9.97 Å². The molecule has 0 bridgehead atoms.